The van der Waals surface area contributed by atoms with Gasteiger partial charge in [-0.05, 0) is 36.0 Å². The molecule has 15 heavy (non-hydrogen) atoms. The van der Waals surface area contributed by atoms with Crippen LogP contribution in [0.25, 0.3) is 0 Å². The molecule has 0 radical (unpaired) electrons. The van der Waals surface area contributed by atoms with Gasteiger partial charge in [-0.15, -0.1) is 0 Å². The van der Waals surface area contributed by atoms with E-state index in [-0.39, 0.29) is 16.2 Å². The Balaban J connectivity index is 2.36. The average molecular weight is 208 g/mol. The summed E-state index contributed by atoms with van der Waals surface area (Å²) in [6.45, 7) is 11.4. The number of carbonyl (C=O) groups excluding carboxylic acids is 1. The summed E-state index contributed by atoms with van der Waals surface area (Å²) in [5.74, 6) is 1.21. The van der Waals surface area contributed by atoms with Gasteiger partial charge in [-0.2, -0.15) is 0 Å². The van der Waals surface area contributed by atoms with Crippen LogP contribution >= 0.6 is 0 Å². The largest absolute Gasteiger partial charge is 0.299 e. The van der Waals surface area contributed by atoms with E-state index in [4.69, 9.17) is 0 Å². The smallest absolute Gasteiger partial charge is 0.139 e. The van der Waals surface area contributed by atoms with Crippen molar-refractivity contribution in [3.63, 3.8) is 0 Å². The number of hydrogen-bond acceptors (Lipinski definition) is 1. The molecule has 0 N–H and O–H groups in total. The molecule has 0 heterocycles. The molecule has 2 bridgehead atoms. The van der Waals surface area contributed by atoms with Gasteiger partial charge in [0.05, 0.1) is 0 Å². The molecule has 0 saturated heterocycles. The molecule has 1 heteroatoms. The Kier molecular flexibility index (Phi) is 2.13. The lowest BCUT2D eigenvalue weighted by molar-refractivity contribution is -0.131. The Morgan fingerprint density at radius 2 is 1.93 bits per heavy atom. The molecule has 2 aliphatic carbocycles. The summed E-state index contributed by atoms with van der Waals surface area (Å²) in [5, 5.41) is 0. The topological polar surface area (TPSA) is 17.1 Å². The highest BCUT2D eigenvalue weighted by atomic mass is 16.1. The molecule has 2 aliphatic rings. The molecule has 0 aromatic heterocycles. The van der Waals surface area contributed by atoms with Crippen molar-refractivity contribution in [2.45, 2.75) is 60.3 Å². The second-order valence-electron chi connectivity index (χ2n) is 7.40. The van der Waals surface area contributed by atoms with Crippen LogP contribution in [-0.2, 0) is 4.79 Å². The highest BCUT2D eigenvalue weighted by Gasteiger charge is 2.64. The minimum Gasteiger partial charge on any atom is -0.299 e. The van der Waals surface area contributed by atoms with Gasteiger partial charge in [-0.1, -0.05) is 34.6 Å². The zero-order chi connectivity index (χ0) is 11.5. The average Bonchev–Trinajstić information content (AvgIpc) is 2.34. The van der Waals surface area contributed by atoms with E-state index >= 15 is 0 Å². The molecule has 86 valence electrons. The van der Waals surface area contributed by atoms with E-state index in [1.165, 1.54) is 6.42 Å². The van der Waals surface area contributed by atoms with Crippen LogP contribution in [0.1, 0.15) is 60.3 Å². The number of ketones is 1. The van der Waals surface area contributed by atoms with Gasteiger partial charge >= 0.3 is 0 Å². The van der Waals surface area contributed by atoms with Crippen molar-refractivity contribution < 1.29 is 4.79 Å². The van der Waals surface area contributed by atoms with Crippen molar-refractivity contribution >= 4 is 5.78 Å². The Hall–Kier alpha value is -0.330. The van der Waals surface area contributed by atoms with Crippen LogP contribution in [0.15, 0.2) is 0 Å². The normalized spacial score (nSPS) is 38.7. The maximum Gasteiger partial charge on any atom is 0.139 e. The van der Waals surface area contributed by atoms with Crippen LogP contribution < -0.4 is 0 Å². The van der Waals surface area contributed by atoms with Gasteiger partial charge in [-0.25, -0.2) is 0 Å². The maximum atomic E-state index is 12.3. The Labute approximate surface area is 93.6 Å². The first-order chi connectivity index (χ1) is 6.69. The molecular weight excluding hydrogens is 184 g/mol. The van der Waals surface area contributed by atoms with E-state index in [1.807, 2.05) is 0 Å². The van der Waals surface area contributed by atoms with Crippen molar-refractivity contribution in [1.82, 2.24) is 0 Å². The van der Waals surface area contributed by atoms with Crippen LogP contribution in [0.4, 0.5) is 0 Å². The lowest BCUT2D eigenvalue weighted by Crippen LogP contribution is -2.39. The SMILES string of the molecule is CC(C)(C)CC12CCC(CC1=O)C2(C)C. The molecule has 0 spiro atoms. The van der Waals surface area contributed by atoms with E-state index in [9.17, 15) is 4.79 Å². The van der Waals surface area contributed by atoms with Crippen molar-refractivity contribution in [3.8, 4) is 0 Å². The van der Waals surface area contributed by atoms with Crippen molar-refractivity contribution in [2.24, 2.45) is 22.2 Å². The third-order valence-corrected chi connectivity index (χ3v) is 4.97. The van der Waals surface area contributed by atoms with E-state index in [2.05, 4.69) is 34.6 Å². The molecule has 2 unspecified atom stereocenters. The molecule has 2 rings (SSSR count). The number of rotatable bonds is 1. The van der Waals surface area contributed by atoms with Crippen LogP contribution in [0.3, 0.4) is 0 Å². The van der Waals surface area contributed by atoms with Gasteiger partial charge in [0.25, 0.3) is 0 Å². The van der Waals surface area contributed by atoms with E-state index < -0.39 is 0 Å². The fourth-order valence-electron chi connectivity index (χ4n) is 4.09. The monoisotopic (exact) mass is 208 g/mol. The summed E-state index contributed by atoms with van der Waals surface area (Å²) in [6.07, 6.45) is 4.33. The number of carbonyl (C=O) groups is 1. The summed E-state index contributed by atoms with van der Waals surface area (Å²) >= 11 is 0. The predicted octanol–water partition coefficient (Wildman–Crippen LogP) is 3.82. The molecule has 0 aromatic carbocycles. The Morgan fingerprint density at radius 1 is 1.33 bits per heavy atom. The van der Waals surface area contributed by atoms with Crippen molar-refractivity contribution in [2.75, 3.05) is 0 Å². The molecule has 0 amide bonds. The van der Waals surface area contributed by atoms with E-state index in [1.54, 1.807) is 0 Å². The molecular formula is C14H24O. The van der Waals surface area contributed by atoms with Gasteiger partial charge < -0.3 is 0 Å². The van der Waals surface area contributed by atoms with Gasteiger partial charge in [-0.3, -0.25) is 4.79 Å². The number of fused-ring (bicyclic) bond motifs is 2. The van der Waals surface area contributed by atoms with E-state index in [0.29, 0.717) is 11.7 Å². The second kappa shape index (κ2) is 2.87. The first-order valence-electron chi connectivity index (χ1n) is 6.22. The summed E-state index contributed by atoms with van der Waals surface area (Å²) in [7, 11) is 0. The highest BCUT2D eigenvalue weighted by molar-refractivity contribution is 5.89. The zero-order valence-electron chi connectivity index (χ0n) is 10.8. The quantitative estimate of drug-likeness (QED) is 0.640. The molecule has 2 saturated carbocycles. The van der Waals surface area contributed by atoms with Gasteiger partial charge in [0, 0.05) is 11.8 Å². The van der Waals surface area contributed by atoms with Crippen LogP contribution in [-0.4, -0.2) is 5.78 Å². The zero-order valence-corrected chi connectivity index (χ0v) is 10.8. The molecule has 0 aromatic rings. The van der Waals surface area contributed by atoms with Crippen LogP contribution in [0.2, 0.25) is 0 Å². The third kappa shape index (κ3) is 1.38. The third-order valence-electron chi connectivity index (χ3n) is 4.97. The minimum atomic E-state index is 0.00984. The minimum absolute atomic E-state index is 0.00984. The lowest BCUT2D eigenvalue weighted by Gasteiger charge is -2.41. The first kappa shape index (κ1) is 11.2. The maximum absolute atomic E-state index is 12.3. The standard InChI is InChI=1S/C14H24O/c1-12(2,3)9-14-7-6-10(8-11(14)15)13(14,4)5/h10H,6-9H2,1-5H3. The highest BCUT2D eigenvalue weighted by Crippen LogP contribution is 2.66. The van der Waals surface area contributed by atoms with E-state index in [0.717, 1.165) is 19.3 Å². The summed E-state index contributed by atoms with van der Waals surface area (Å²) < 4.78 is 0. The summed E-state index contributed by atoms with van der Waals surface area (Å²) in [5.41, 5.74) is 0.527. The van der Waals surface area contributed by atoms with Crippen LogP contribution in [0.5, 0.6) is 0 Å². The van der Waals surface area contributed by atoms with Crippen LogP contribution in [0, 0.1) is 22.2 Å². The van der Waals surface area contributed by atoms with Gasteiger partial charge in [0.15, 0.2) is 0 Å². The lowest BCUT2D eigenvalue weighted by atomic mass is 9.62. The summed E-state index contributed by atoms with van der Waals surface area (Å²) in [6, 6.07) is 0. The predicted molar refractivity (Wildman–Crippen MR) is 62.6 cm³/mol. The fraction of sp³-hybridized carbons (Fsp3) is 0.929. The van der Waals surface area contributed by atoms with Crippen molar-refractivity contribution in [3.05, 3.63) is 0 Å². The van der Waals surface area contributed by atoms with Crippen molar-refractivity contribution in [1.29, 1.82) is 0 Å². The number of Topliss-reactive ketones (excluding diaryl/α,β-unsaturated/α-hetero) is 1. The Bertz CT molecular complexity index is 295. The number of hydrogen-bond donors (Lipinski definition) is 0. The molecule has 1 nitrogen and oxygen atoms in total. The first-order valence-corrected chi connectivity index (χ1v) is 6.22. The molecule has 2 atom stereocenters. The molecule has 2 fully saturated rings. The van der Waals surface area contributed by atoms with Gasteiger partial charge in [0.1, 0.15) is 5.78 Å². The van der Waals surface area contributed by atoms with Gasteiger partial charge in [0.2, 0.25) is 0 Å². The fourth-order valence-corrected chi connectivity index (χ4v) is 4.09. The summed E-state index contributed by atoms with van der Waals surface area (Å²) in [4.78, 5) is 12.3. The molecule has 0 aliphatic heterocycles. The second-order valence-corrected chi connectivity index (χ2v) is 7.40. The Morgan fingerprint density at radius 3 is 2.27 bits per heavy atom.